The summed E-state index contributed by atoms with van der Waals surface area (Å²) in [5.74, 6) is 1.05. The first-order chi connectivity index (χ1) is 8.93. The average molecular weight is 260 g/mol. The smallest absolute Gasteiger partial charge is 0.159 e. The van der Waals surface area contributed by atoms with Crippen LogP contribution >= 0.6 is 0 Å². The van der Waals surface area contributed by atoms with Crippen LogP contribution in [0.5, 0.6) is 0 Å². The third-order valence-electron chi connectivity index (χ3n) is 3.54. The number of pyridine rings is 1. The highest BCUT2D eigenvalue weighted by Gasteiger charge is 2.23. The van der Waals surface area contributed by atoms with Crippen LogP contribution in [0.25, 0.3) is 11.2 Å². The van der Waals surface area contributed by atoms with Gasteiger partial charge in [-0.2, -0.15) is 0 Å². The Labute approximate surface area is 115 Å². The largest absolute Gasteiger partial charge is 0.327 e. The molecule has 2 aromatic rings. The Morgan fingerprint density at radius 1 is 1.37 bits per heavy atom. The lowest BCUT2D eigenvalue weighted by atomic mass is 9.85. The maximum Gasteiger partial charge on any atom is 0.159 e. The third kappa shape index (κ3) is 2.95. The fraction of sp³-hybridized carbons (Fsp3) is 0.600. The first-order valence-electron chi connectivity index (χ1n) is 6.99. The average Bonchev–Trinajstić information content (AvgIpc) is 2.67. The Balaban J connectivity index is 2.39. The molecule has 4 nitrogen and oxygen atoms in total. The van der Waals surface area contributed by atoms with E-state index in [-0.39, 0.29) is 11.5 Å². The first-order valence-corrected chi connectivity index (χ1v) is 6.99. The van der Waals surface area contributed by atoms with Crippen LogP contribution in [0.3, 0.4) is 0 Å². The minimum atomic E-state index is 0.0859. The first kappa shape index (κ1) is 14.0. The maximum atomic E-state index is 6.30. The number of fused-ring (bicyclic) bond motifs is 1. The van der Waals surface area contributed by atoms with E-state index in [9.17, 15) is 0 Å². The van der Waals surface area contributed by atoms with Crippen molar-refractivity contribution in [3.05, 3.63) is 24.2 Å². The molecule has 0 aliphatic rings. The molecule has 2 heterocycles. The molecule has 2 N–H and O–H groups in total. The minimum absolute atomic E-state index is 0.0859. The van der Waals surface area contributed by atoms with E-state index < -0.39 is 0 Å². The van der Waals surface area contributed by atoms with E-state index in [1.54, 1.807) is 0 Å². The van der Waals surface area contributed by atoms with Gasteiger partial charge >= 0.3 is 0 Å². The lowest BCUT2D eigenvalue weighted by Gasteiger charge is -2.26. The van der Waals surface area contributed by atoms with E-state index in [0.717, 1.165) is 36.4 Å². The zero-order valence-corrected chi connectivity index (χ0v) is 12.3. The number of hydrogen-bond donors (Lipinski definition) is 1. The summed E-state index contributed by atoms with van der Waals surface area (Å²) in [6.45, 7) is 9.62. The molecule has 0 saturated heterocycles. The van der Waals surface area contributed by atoms with Crippen molar-refractivity contribution in [3.8, 4) is 0 Å². The summed E-state index contributed by atoms with van der Waals surface area (Å²) in [5, 5.41) is 0. The predicted molar refractivity (Wildman–Crippen MR) is 79.0 cm³/mol. The second kappa shape index (κ2) is 5.29. The number of hydrogen-bond acceptors (Lipinski definition) is 3. The highest BCUT2D eigenvalue weighted by molar-refractivity contribution is 5.71. The Kier molecular flexibility index (Phi) is 3.90. The highest BCUT2D eigenvalue weighted by atomic mass is 15.1. The van der Waals surface area contributed by atoms with Gasteiger partial charge in [0.05, 0.1) is 0 Å². The molecule has 2 rings (SSSR count). The van der Waals surface area contributed by atoms with Crippen LogP contribution < -0.4 is 5.73 Å². The molecule has 0 amide bonds. The van der Waals surface area contributed by atoms with E-state index >= 15 is 0 Å². The van der Waals surface area contributed by atoms with Crippen molar-refractivity contribution in [2.24, 2.45) is 11.1 Å². The standard InChI is InChI=1S/C15H24N4/c1-5-9-19-13(10-12(16)15(2,3)4)18-11-7-6-8-17-14(11)19/h6-8,12H,5,9-10,16H2,1-4H3. The Bertz CT molecular complexity index is 551. The number of nitrogens with two attached hydrogens (primary N) is 1. The fourth-order valence-electron chi connectivity index (χ4n) is 2.12. The summed E-state index contributed by atoms with van der Waals surface area (Å²) >= 11 is 0. The van der Waals surface area contributed by atoms with E-state index in [1.807, 2.05) is 18.3 Å². The molecule has 2 aromatic heterocycles. The molecule has 0 saturated carbocycles. The second-order valence-electron chi connectivity index (χ2n) is 6.20. The lowest BCUT2D eigenvalue weighted by molar-refractivity contribution is 0.312. The van der Waals surface area contributed by atoms with E-state index in [0.29, 0.717) is 0 Å². The number of nitrogens with zero attached hydrogens (tertiary/aromatic N) is 3. The lowest BCUT2D eigenvalue weighted by Crippen LogP contribution is -2.37. The molecular formula is C15H24N4. The zero-order chi connectivity index (χ0) is 14.0. The molecule has 0 fully saturated rings. The van der Waals surface area contributed by atoms with Crippen LogP contribution in [-0.4, -0.2) is 20.6 Å². The summed E-state index contributed by atoms with van der Waals surface area (Å²) in [4.78, 5) is 9.15. The van der Waals surface area contributed by atoms with Crippen molar-refractivity contribution in [1.29, 1.82) is 0 Å². The Morgan fingerprint density at radius 3 is 2.74 bits per heavy atom. The van der Waals surface area contributed by atoms with Gasteiger partial charge in [0.2, 0.25) is 0 Å². The van der Waals surface area contributed by atoms with Gasteiger partial charge in [0.15, 0.2) is 5.65 Å². The van der Waals surface area contributed by atoms with E-state index in [1.165, 1.54) is 0 Å². The van der Waals surface area contributed by atoms with Gasteiger partial charge in [-0.05, 0) is 24.0 Å². The number of rotatable bonds is 4. The summed E-state index contributed by atoms with van der Waals surface area (Å²) < 4.78 is 2.21. The molecule has 0 aliphatic carbocycles. The second-order valence-corrected chi connectivity index (χ2v) is 6.20. The van der Waals surface area contributed by atoms with Crippen molar-refractivity contribution >= 4 is 11.2 Å². The molecule has 0 bridgehead atoms. The normalized spacial score (nSPS) is 13.9. The van der Waals surface area contributed by atoms with Crippen molar-refractivity contribution < 1.29 is 0 Å². The van der Waals surface area contributed by atoms with Crippen LogP contribution in [0.2, 0.25) is 0 Å². The molecule has 19 heavy (non-hydrogen) atoms. The predicted octanol–water partition coefficient (Wildman–Crippen LogP) is 2.76. The molecular weight excluding hydrogens is 236 g/mol. The SMILES string of the molecule is CCCn1c(CC(N)C(C)(C)C)nc2cccnc21. The van der Waals surface area contributed by atoms with Crippen LogP contribution in [0, 0.1) is 5.41 Å². The van der Waals surface area contributed by atoms with Gasteiger partial charge < -0.3 is 10.3 Å². The zero-order valence-electron chi connectivity index (χ0n) is 12.3. The van der Waals surface area contributed by atoms with Gasteiger partial charge in [-0.25, -0.2) is 9.97 Å². The van der Waals surface area contributed by atoms with E-state index in [4.69, 9.17) is 10.7 Å². The summed E-state index contributed by atoms with van der Waals surface area (Å²) in [5.41, 5.74) is 8.32. The van der Waals surface area contributed by atoms with Crippen molar-refractivity contribution in [2.45, 2.75) is 53.1 Å². The molecule has 0 radical (unpaired) electrons. The van der Waals surface area contributed by atoms with Crippen molar-refractivity contribution in [2.75, 3.05) is 0 Å². The maximum absolute atomic E-state index is 6.30. The quantitative estimate of drug-likeness (QED) is 0.919. The monoisotopic (exact) mass is 260 g/mol. The molecule has 0 aromatic carbocycles. The summed E-state index contributed by atoms with van der Waals surface area (Å²) in [6, 6.07) is 4.04. The van der Waals surface area contributed by atoms with Crippen molar-refractivity contribution in [1.82, 2.24) is 14.5 Å². The summed E-state index contributed by atoms with van der Waals surface area (Å²) in [6.07, 6.45) is 3.68. The molecule has 1 atom stereocenters. The third-order valence-corrected chi connectivity index (χ3v) is 3.54. The van der Waals surface area contributed by atoms with Gasteiger partial charge in [-0.15, -0.1) is 0 Å². The number of aryl methyl sites for hydroxylation is 1. The molecule has 0 aliphatic heterocycles. The van der Waals surface area contributed by atoms with E-state index in [2.05, 4.69) is 37.2 Å². The van der Waals surface area contributed by atoms with Gasteiger partial charge in [0.25, 0.3) is 0 Å². The van der Waals surface area contributed by atoms with Crippen molar-refractivity contribution in [3.63, 3.8) is 0 Å². The van der Waals surface area contributed by atoms with Gasteiger partial charge in [-0.3, -0.25) is 0 Å². The summed E-state index contributed by atoms with van der Waals surface area (Å²) in [7, 11) is 0. The Morgan fingerprint density at radius 2 is 2.11 bits per heavy atom. The Hall–Kier alpha value is -1.42. The van der Waals surface area contributed by atoms with Gasteiger partial charge in [-0.1, -0.05) is 27.7 Å². The minimum Gasteiger partial charge on any atom is -0.327 e. The topological polar surface area (TPSA) is 56.7 Å². The number of aromatic nitrogens is 3. The highest BCUT2D eigenvalue weighted by Crippen LogP contribution is 2.22. The molecule has 4 heteroatoms. The fourth-order valence-corrected chi connectivity index (χ4v) is 2.12. The van der Waals surface area contributed by atoms with Crippen LogP contribution in [0.15, 0.2) is 18.3 Å². The van der Waals surface area contributed by atoms with Gasteiger partial charge in [0.1, 0.15) is 11.3 Å². The molecule has 0 spiro atoms. The van der Waals surface area contributed by atoms with Crippen LogP contribution in [-0.2, 0) is 13.0 Å². The van der Waals surface area contributed by atoms with Crippen LogP contribution in [0.1, 0.15) is 39.9 Å². The van der Waals surface area contributed by atoms with Crippen LogP contribution in [0.4, 0.5) is 0 Å². The number of imidazole rings is 1. The molecule has 1 unspecified atom stereocenters. The van der Waals surface area contributed by atoms with Gasteiger partial charge in [0, 0.05) is 25.2 Å². The molecule has 104 valence electrons.